The molecule has 0 aliphatic heterocycles. The van der Waals surface area contributed by atoms with E-state index in [4.69, 9.17) is 14.7 Å². The lowest BCUT2D eigenvalue weighted by atomic mass is 10.3. The van der Waals surface area contributed by atoms with Crippen LogP contribution in [0.25, 0.3) is 0 Å². The molecule has 0 amide bonds. The fraction of sp³-hybridized carbons (Fsp3) is 0.125. The van der Waals surface area contributed by atoms with Crippen molar-refractivity contribution in [2.75, 3.05) is 13.4 Å². The summed E-state index contributed by atoms with van der Waals surface area (Å²) in [6.45, 7) is 0. The molecule has 0 spiro atoms. The highest BCUT2D eigenvalue weighted by Gasteiger charge is 2.05. The van der Waals surface area contributed by atoms with Gasteiger partial charge < -0.3 is 9.47 Å². The predicted octanol–water partition coefficient (Wildman–Crippen LogP) is 3.91. The Morgan fingerprint density at radius 2 is 1.82 bits per heavy atom. The van der Waals surface area contributed by atoms with Gasteiger partial charge in [-0.15, -0.1) is 0 Å². The van der Waals surface area contributed by atoms with E-state index in [1.54, 1.807) is 7.11 Å². The minimum absolute atomic E-state index is 0.508. The third kappa shape index (κ3) is 4.17. The summed E-state index contributed by atoms with van der Waals surface area (Å²) in [7, 11) is 1.62. The second-order valence-electron chi connectivity index (χ2n) is 4.10. The monoisotopic (exact) mass is 313 g/mol. The molecule has 2 rings (SSSR count). The first-order chi connectivity index (χ1) is 10.8. The molecular formula is C16H15N3O2S. The molecule has 0 aromatic heterocycles. The number of thioether (sulfide) groups is 1. The molecule has 5 nitrogen and oxygen atoms in total. The van der Waals surface area contributed by atoms with Crippen molar-refractivity contribution in [3.63, 3.8) is 0 Å². The Balaban J connectivity index is 2.26. The normalized spacial score (nSPS) is 10.7. The number of nitriles is 1. The largest absolute Gasteiger partial charge is 0.497 e. The Morgan fingerprint density at radius 1 is 1.14 bits per heavy atom. The van der Waals surface area contributed by atoms with Gasteiger partial charge in [0.1, 0.15) is 17.2 Å². The van der Waals surface area contributed by atoms with Crippen molar-refractivity contribution in [3.05, 3.63) is 48.5 Å². The van der Waals surface area contributed by atoms with Crippen molar-refractivity contribution < 1.29 is 9.47 Å². The molecule has 6 heteroatoms. The third-order valence-corrected chi connectivity index (χ3v) is 3.31. The SMILES string of the molecule is COc1ccc(Oc2ccccc2N=C(NC#N)SC)cc1. The first kappa shape index (κ1) is 15.7. The lowest BCUT2D eigenvalue weighted by Crippen LogP contribution is -2.12. The van der Waals surface area contributed by atoms with Gasteiger partial charge in [-0.05, 0) is 42.7 Å². The average Bonchev–Trinajstić information content (AvgIpc) is 2.56. The summed E-state index contributed by atoms with van der Waals surface area (Å²) in [5, 5.41) is 11.7. The lowest BCUT2D eigenvalue weighted by molar-refractivity contribution is 0.413. The van der Waals surface area contributed by atoms with Crippen LogP contribution in [0.4, 0.5) is 5.69 Å². The molecule has 0 bridgehead atoms. The van der Waals surface area contributed by atoms with Crippen LogP contribution in [0.1, 0.15) is 0 Å². The highest BCUT2D eigenvalue weighted by atomic mass is 32.2. The fourth-order valence-corrected chi connectivity index (χ4v) is 2.03. The van der Waals surface area contributed by atoms with Gasteiger partial charge in [-0.25, -0.2) is 4.99 Å². The lowest BCUT2D eigenvalue weighted by Gasteiger charge is -2.09. The molecular weight excluding hydrogens is 298 g/mol. The highest BCUT2D eigenvalue weighted by Crippen LogP contribution is 2.32. The summed E-state index contributed by atoms with van der Waals surface area (Å²) < 4.78 is 11.0. The van der Waals surface area contributed by atoms with Crippen LogP contribution in [-0.4, -0.2) is 18.5 Å². The van der Waals surface area contributed by atoms with Gasteiger partial charge in [-0.3, -0.25) is 5.32 Å². The van der Waals surface area contributed by atoms with Gasteiger partial charge in [0, 0.05) is 0 Å². The molecule has 1 N–H and O–H groups in total. The van der Waals surface area contributed by atoms with Crippen LogP contribution >= 0.6 is 11.8 Å². The van der Waals surface area contributed by atoms with Gasteiger partial charge in [-0.1, -0.05) is 23.9 Å². The minimum atomic E-state index is 0.508. The zero-order chi connectivity index (χ0) is 15.8. The second-order valence-corrected chi connectivity index (χ2v) is 4.90. The van der Waals surface area contributed by atoms with Crippen LogP contribution in [0.5, 0.6) is 17.2 Å². The Hall–Kier alpha value is -2.65. The number of aliphatic imine (C=N–C) groups is 1. The first-order valence-corrected chi connectivity index (χ1v) is 7.68. The Kier molecular flexibility index (Phi) is 5.69. The maximum atomic E-state index is 8.70. The van der Waals surface area contributed by atoms with Crippen LogP contribution in [0.2, 0.25) is 0 Å². The van der Waals surface area contributed by atoms with E-state index in [9.17, 15) is 0 Å². The molecule has 112 valence electrons. The first-order valence-electron chi connectivity index (χ1n) is 6.45. The number of nitrogens with zero attached hydrogens (tertiary/aromatic N) is 2. The van der Waals surface area contributed by atoms with E-state index in [2.05, 4.69) is 10.3 Å². The molecule has 0 saturated carbocycles. The molecule has 22 heavy (non-hydrogen) atoms. The predicted molar refractivity (Wildman–Crippen MR) is 88.9 cm³/mol. The van der Waals surface area contributed by atoms with Gasteiger partial charge in [0.15, 0.2) is 17.1 Å². The van der Waals surface area contributed by atoms with Crippen molar-refractivity contribution in [3.8, 4) is 23.4 Å². The molecule has 0 radical (unpaired) electrons. The molecule has 0 atom stereocenters. The number of benzene rings is 2. The Morgan fingerprint density at radius 3 is 2.45 bits per heavy atom. The zero-order valence-corrected chi connectivity index (χ0v) is 13.1. The van der Waals surface area contributed by atoms with Gasteiger partial charge >= 0.3 is 0 Å². The molecule has 0 saturated heterocycles. The van der Waals surface area contributed by atoms with Gasteiger partial charge in [0.25, 0.3) is 0 Å². The van der Waals surface area contributed by atoms with Crippen molar-refractivity contribution in [2.45, 2.75) is 0 Å². The molecule has 0 aliphatic rings. The molecule has 0 heterocycles. The molecule has 2 aromatic rings. The number of hydrogen-bond acceptors (Lipinski definition) is 5. The summed E-state index contributed by atoms with van der Waals surface area (Å²) in [5.74, 6) is 2.06. The van der Waals surface area contributed by atoms with E-state index in [1.165, 1.54) is 11.8 Å². The van der Waals surface area contributed by atoms with Crippen LogP contribution in [-0.2, 0) is 0 Å². The van der Waals surface area contributed by atoms with E-state index in [1.807, 2.05) is 61.0 Å². The van der Waals surface area contributed by atoms with Crippen molar-refractivity contribution in [1.82, 2.24) is 5.32 Å². The number of methoxy groups -OCH3 is 1. The van der Waals surface area contributed by atoms with Gasteiger partial charge in [0.2, 0.25) is 0 Å². The zero-order valence-electron chi connectivity index (χ0n) is 12.2. The van der Waals surface area contributed by atoms with E-state index in [0.29, 0.717) is 22.4 Å². The van der Waals surface area contributed by atoms with Crippen LogP contribution in [0.3, 0.4) is 0 Å². The molecule has 2 aromatic carbocycles. The fourth-order valence-electron chi connectivity index (χ4n) is 1.69. The summed E-state index contributed by atoms with van der Waals surface area (Å²) in [4.78, 5) is 4.39. The van der Waals surface area contributed by atoms with E-state index >= 15 is 0 Å². The van der Waals surface area contributed by atoms with Gasteiger partial charge in [0.05, 0.1) is 7.11 Å². The maximum Gasteiger partial charge on any atom is 0.183 e. The topological polar surface area (TPSA) is 66.6 Å². The smallest absolute Gasteiger partial charge is 0.183 e. The summed E-state index contributed by atoms with van der Waals surface area (Å²) in [6, 6.07) is 14.7. The third-order valence-electron chi connectivity index (χ3n) is 2.73. The Labute approximate surface area is 133 Å². The minimum Gasteiger partial charge on any atom is -0.497 e. The number of ether oxygens (including phenoxy) is 2. The highest BCUT2D eigenvalue weighted by molar-refractivity contribution is 8.13. The number of amidine groups is 1. The van der Waals surface area contributed by atoms with Crippen LogP contribution < -0.4 is 14.8 Å². The quantitative estimate of drug-likeness (QED) is 0.401. The van der Waals surface area contributed by atoms with Crippen LogP contribution in [0.15, 0.2) is 53.5 Å². The summed E-state index contributed by atoms with van der Waals surface area (Å²) in [5.41, 5.74) is 0.644. The van der Waals surface area contributed by atoms with Crippen molar-refractivity contribution in [2.24, 2.45) is 4.99 Å². The second kappa shape index (κ2) is 7.96. The number of rotatable bonds is 4. The van der Waals surface area contributed by atoms with E-state index < -0.39 is 0 Å². The van der Waals surface area contributed by atoms with Crippen molar-refractivity contribution in [1.29, 1.82) is 5.26 Å². The molecule has 0 fully saturated rings. The van der Waals surface area contributed by atoms with Gasteiger partial charge in [-0.2, -0.15) is 5.26 Å². The standard InChI is InChI=1S/C16H15N3O2S/c1-20-12-7-9-13(10-8-12)21-15-6-4-3-5-14(15)19-16(22-2)18-11-17/h3-10H,1-2H3,(H,18,19). The summed E-state index contributed by atoms with van der Waals surface area (Å²) >= 11 is 1.35. The van der Waals surface area contributed by atoms with E-state index in [-0.39, 0.29) is 0 Å². The van der Waals surface area contributed by atoms with E-state index in [0.717, 1.165) is 5.75 Å². The molecule has 0 unspecified atom stereocenters. The van der Waals surface area contributed by atoms with Crippen molar-refractivity contribution >= 4 is 22.6 Å². The number of para-hydroxylation sites is 2. The average molecular weight is 313 g/mol. The molecule has 0 aliphatic carbocycles. The Bertz CT molecular complexity index is 693. The summed E-state index contributed by atoms with van der Waals surface area (Å²) in [6.07, 6.45) is 3.71. The number of hydrogen-bond donors (Lipinski definition) is 1. The van der Waals surface area contributed by atoms with Crippen LogP contribution in [0, 0.1) is 11.5 Å². The number of nitrogens with one attached hydrogen (secondary N) is 1. The maximum absolute atomic E-state index is 8.70.